The summed E-state index contributed by atoms with van der Waals surface area (Å²) in [7, 11) is 0. The van der Waals surface area contributed by atoms with E-state index in [4.69, 9.17) is 5.41 Å². The van der Waals surface area contributed by atoms with Crippen LogP contribution in [0.2, 0.25) is 0 Å². The van der Waals surface area contributed by atoms with Crippen LogP contribution < -0.4 is 0 Å². The van der Waals surface area contributed by atoms with Crippen LogP contribution in [0.25, 0.3) is 0 Å². The second-order valence-corrected chi connectivity index (χ2v) is 1.86. The van der Waals surface area contributed by atoms with Crippen LogP contribution in [0.5, 0.6) is 0 Å². The molecule has 60 valence electrons. The van der Waals surface area contributed by atoms with E-state index in [0.29, 0.717) is 0 Å². The first-order chi connectivity index (χ1) is 4.34. The molecule has 0 spiro atoms. The SMILES string of the molecule is CC(=N)O[C@@H](C)C(F)(F)F. The smallest absolute Gasteiger partial charge is 0.425 e. The summed E-state index contributed by atoms with van der Waals surface area (Å²) in [6.07, 6.45) is -6.26. The summed E-state index contributed by atoms with van der Waals surface area (Å²) in [5, 5.41) is 6.58. The van der Waals surface area contributed by atoms with E-state index < -0.39 is 18.2 Å². The van der Waals surface area contributed by atoms with Crippen LogP contribution in [-0.2, 0) is 4.74 Å². The summed E-state index contributed by atoms with van der Waals surface area (Å²) in [6.45, 7) is 2.01. The van der Waals surface area contributed by atoms with Crippen molar-refractivity contribution in [2.24, 2.45) is 0 Å². The highest BCUT2D eigenvalue weighted by Crippen LogP contribution is 2.22. The first-order valence-corrected chi connectivity index (χ1v) is 2.62. The van der Waals surface area contributed by atoms with Crippen molar-refractivity contribution in [2.75, 3.05) is 0 Å². The molecule has 0 aromatic carbocycles. The Balaban J connectivity index is 3.85. The number of alkyl halides is 3. The van der Waals surface area contributed by atoms with Crippen molar-refractivity contribution in [3.63, 3.8) is 0 Å². The zero-order valence-electron chi connectivity index (χ0n) is 5.62. The van der Waals surface area contributed by atoms with Gasteiger partial charge in [-0.05, 0) is 6.92 Å². The van der Waals surface area contributed by atoms with Gasteiger partial charge in [-0.3, -0.25) is 5.41 Å². The van der Waals surface area contributed by atoms with Crippen LogP contribution in [-0.4, -0.2) is 18.2 Å². The molecule has 0 aliphatic heterocycles. The van der Waals surface area contributed by atoms with Gasteiger partial charge in [0.2, 0.25) is 0 Å². The second kappa shape index (κ2) is 2.90. The van der Waals surface area contributed by atoms with Crippen molar-refractivity contribution < 1.29 is 17.9 Å². The first kappa shape index (κ1) is 9.26. The lowest BCUT2D eigenvalue weighted by Gasteiger charge is -2.15. The van der Waals surface area contributed by atoms with Gasteiger partial charge >= 0.3 is 6.18 Å². The number of halogens is 3. The minimum atomic E-state index is -4.37. The summed E-state index contributed by atoms with van der Waals surface area (Å²) < 4.78 is 38.8. The maximum Gasteiger partial charge on any atom is 0.425 e. The predicted molar refractivity (Wildman–Crippen MR) is 30.0 cm³/mol. The van der Waals surface area contributed by atoms with Gasteiger partial charge in [0.25, 0.3) is 0 Å². The van der Waals surface area contributed by atoms with Crippen LogP contribution in [0.4, 0.5) is 13.2 Å². The quantitative estimate of drug-likeness (QED) is 0.455. The van der Waals surface area contributed by atoms with Gasteiger partial charge in [0.1, 0.15) is 0 Å². The van der Waals surface area contributed by atoms with Gasteiger partial charge in [-0.15, -0.1) is 0 Å². The molecule has 0 rings (SSSR count). The Hall–Kier alpha value is -0.740. The van der Waals surface area contributed by atoms with Gasteiger partial charge in [-0.25, -0.2) is 0 Å². The average molecular weight is 155 g/mol. The van der Waals surface area contributed by atoms with E-state index >= 15 is 0 Å². The lowest BCUT2D eigenvalue weighted by atomic mass is 10.4. The molecule has 1 N–H and O–H groups in total. The molecule has 10 heavy (non-hydrogen) atoms. The lowest BCUT2D eigenvalue weighted by molar-refractivity contribution is -0.193. The van der Waals surface area contributed by atoms with Crippen molar-refractivity contribution in [1.29, 1.82) is 5.41 Å². The third-order valence-corrected chi connectivity index (χ3v) is 0.815. The molecule has 0 aliphatic rings. The molecule has 0 bridgehead atoms. The minimum absolute atomic E-state index is 0.426. The molecule has 0 saturated carbocycles. The fourth-order valence-electron chi connectivity index (χ4n) is 0.332. The van der Waals surface area contributed by atoms with Gasteiger partial charge in [0.15, 0.2) is 12.0 Å². The molecule has 0 amide bonds. The highest BCUT2D eigenvalue weighted by atomic mass is 19.4. The Labute approximate surface area is 56.5 Å². The molecule has 5 heteroatoms. The fraction of sp³-hybridized carbons (Fsp3) is 0.800. The summed E-state index contributed by atoms with van der Waals surface area (Å²) in [5.74, 6) is -0.426. The van der Waals surface area contributed by atoms with Crippen molar-refractivity contribution in [3.8, 4) is 0 Å². The summed E-state index contributed by atoms with van der Waals surface area (Å²) in [5.41, 5.74) is 0. The molecule has 0 unspecified atom stereocenters. The Morgan fingerprint density at radius 1 is 1.50 bits per heavy atom. The van der Waals surface area contributed by atoms with E-state index in [1.807, 2.05) is 0 Å². The number of hydrogen-bond donors (Lipinski definition) is 1. The maximum atomic E-state index is 11.6. The number of hydrogen-bond acceptors (Lipinski definition) is 2. The molecule has 0 aliphatic carbocycles. The monoisotopic (exact) mass is 155 g/mol. The average Bonchev–Trinajstić information content (AvgIpc) is 1.60. The second-order valence-electron chi connectivity index (χ2n) is 1.86. The van der Waals surface area contributed by atoms with Gasteiger partial charge < -0.3 is 4.74 Å². The fourth-order valence-corrected chi connectivity index (χ4v) is 0.332. The molecular weight excluding hydrogens is 147 g/mol. The van der Waals surface area contributed by atoms with E-state index in [0.717, 1.165) is 13.8 Å². The Bertz CT molecular complexity index is 131. The normalized spacial score (nSPS) is 14.5. The van der Waals surface area contributed by atoms with Crippen molar-refractivity contribution in [2.45, 2.75) is 26.1 Å². The number of nitrogens with one attached hydrogen (secondary N) is 1. The zero-order valence-corrected chi connectivity index (χ0v) is 5.62. The molecule has 0 aromatic rings. The van der Waals surface area contributed by atoms with Crippen LogP contribution in [0.15, 0.2) is 0 Å². The molecule has 0 fully saturated rings. The standard InChI is InChI=1S/C5H8F3NO/c1-3(5(6,7)8)10-4(2)9/h3,9H,1-2H3/t3-/m0/s1. The van der Waals surface area contributed by atoms with E-state index in [2.05, 4.69) is 4.74 Å². The Morgan fingerprint density at radius 2 is 1.90 bits per heavy atom. The van der Waals surface area contributed by atoms with E-state index in [9.17, 15) is 13.2 Å². The van der Waals surface area contributed by atoms with Crippen LogP contribution in [0, 0.1) is 5.41 Å². The van der Waals surface area contributed by atoms with Crippen LogP contribution >= 0.6 is 0 Å². The molecule has 0 saturated heterocycles. The third-order valence-electron chi connectivity index (χ3n) is 0.815. The molecule has 1 atom stereocenters. The van der Waals surface area contributed by atoms with E-state index in [1.165, 1.54) is 0 Å². The van der Waals surface area contributed by atoms with E-state index in [1.54, 1.807) is 0 Å². The molecule has 2 nitrogen and oxygen atoms in total. The third kappa shape index (κ3) is 3.32. The van der Waals surface area contributed by atoms with Crippen LogP contribution in [0.1, 0.15) is 13.8 Å². The van der Waals surface area contributed by atoms with Crippen molar-refractivity contribution in [3.05, 3.63) is 0 Å². The van der Waals surface area contributed by atoms with Gasteiger partial charge in [-0.2, -0.15) is 13.2 Å². The van der Waals surface area contributed by atoms with Crippen molar-refractivity contribution >= 4 is 5.90 Å². The summed E-state index contributed by atoms with van der Waals surface area (Å²) in [4.78, 5) is 0. The highest BCUT2D eigenvalue weighted by Gasteiger charge is 2.37. The maximum absolute atomic E-state index is 11.6. The van der Waals surface area contributed by atoms with Crippen LogP contribution in [0.3, 0.4) is 0 Å². The molecule has 0 heterocycles. The Morgan fingerprint density at radius 3 is 2.00 bits per heavy atom. The van der Waals surface area contributed by atoms with Gasteiger partial charge in [0.05, 0.1) is 0 Å². The lowest BCUT2D eigenvalue weighted by Crippen LogP contribution is -2.29. The molecule has 0 aromatic heterocycles. The Kier molecular flexibility index (Phi) is 2.68. The summed E-state index contributed by atoms with van der Waals surface area (Å²) >= 11 is 0. The molecule has 0 radical (unpaired) electrons. The van der Waals surface area contributed by atoms with Gasteiger partial charge in [0, 0.05) is 6.92 Å². The highest BCUT2D eigenvalue weighted by molar-refractivity contribution is 5.69. The van der Waals surface area contributed by atoms with Gasteiger partial charge in [-0.1, -0.05) is 0 Å². The first-order valence-electron chi connectivity index (χ1n) is 2.62. The predicted octanol–water partition coefficient (Wildman–Crippen LogP) is 1.95. The number of ether oxygens (including phenoxy) is 1. The minimum Gasteiger partial charge on any atom is -0.469 e. The zero-order chi connectivity index (χ0) is 8.36. The van der Waals surface area contributed by atoms with Crippen molar-refractivity contribution in [1.82, 2.24) is 0 Å². The summed E-state index contributed by atoms with van der Waals surface area (Å²) in [6, 6.07) is 0. The number of rotatable bonds is 1. The largest absolute Gasteiger partial charge is 0.469 e. The topological polar surface area (TPSA) is 33.1 Å². The molecular formula is C5H8F3NO. The van der Waals surface area contributed by atoms with E-state index in [-0.39, 0.29) is 0 Å².